The van der Waals surface area contributed by atoms with Crippen LogP contribution < -0.4 is 5.32 Å². The Labute approximate surface area is 132 Å². The molecule has 0 amide bonds. The van der Waals surface area contributed by atoms with E-state index in [0.29, 0.717) is 23.0 Å². The maximum atomic E-state index is 12.2. The topological polar surface area (TPSA) is 29.1 Å². The van der Waals surface area contributed by atoms with Gasteiger partial charge in [0.25, 0.3) is 0 Å². The van der Waals surface area contributed by atoms with Crippen molar-refractivity contribution < 1.29 is 4.79 Å². The first-order valence-corrected chi connectivity index (χ1v) is 8.84. The van der Waals surface area contributed by atoms with Crippen LogP contribution in [0.25, 0.3) is 0 Å². The zero-order valence-electron chi connectivity index (χ0n) is 15.2. The van der Waals surface area contributed by atoms with E-state index in [1.165, 1.54) is 25.7 Å². The van der Waals surface area contributed by atoms with E-state index in [9.17, 15) is 4.79 Å². The first kappa shape index (κ1) is 18.7. The highest BCUT2D eigenvalue weighted by Gasteiger charge is 2.41. The van der Waals surface area contributed by atoms with Crippen LogP contribution in [0.5, 0.6) is 0 Å². The molecule has 0 aromatic rings. The smallest absolute Gasteiger partial charge is 0.136 e. The highest BCUT2D eigenvalue weighted by atomic mass is 16.1. The molecule has 1 saturated carbocycles. The van der Waals surface area contributed by atoms with Crippen molar-refractivity contribution in [2.45, 2.75) is 79.6 Å². The molecule has 2 atom stereocenters. The zero-order valence-corrected chi connectivity index (χ0v) is 15.2. The van der Waals surface area contributed by atoms with Crippen molar-refractivity contribution in [2.24, 2.45) is 22.7 Å². The summed E-state index contributed by atoms with van der Waals surface area (Å²) >= 11 is 0. The molecule has 0 saturated heterocycles. The van der Waals surface area contributed by atoms with E-state index in [1.54, 1.807) is 0 Å². The number of rotatable bonds is 11. The fourth-order valence-corrected chi connectivity index (χ4v) is 3.90. The van der Waals surface area contributed by atoms with Crippen molar-refractivity contribution in [1.29, 1.82) is 0 Å². The maximum Gasteiger partial charge on any atom is 0.136 e. The molecule has 21 heavy (non-hydrogen) atoms. The minimum atomic E-state index is 0.147. The molecule has 0 aromatic carbocycles. The third-order valence-electron chi connectivity index (χ3n) is 4.91. The van der Waals surface area contributed by atoms with Gasteiger partial charge in [0.1, 0.15) is 5.78 Å². The minimum Gasteiger partial charge on any atom is -0.320 e. The van der Waals surface area contributed by atoms with E-state index in [4.69, 9.17) is 0 Å². The quantitative estimate of drug-likeness (QED) is 0.553. The average Bonchev–Trinajstić information content (AvgIpc) is 3.04. The van der Waals surface area contributed by atoms with Crippen molar-refractivity contribution >= 4 is 5.78 Å². The second-order valence-electron chi connectivity index (χ2n) is 8.88. The monoisotopic (exact) mass is 295 g/mol. The van der Waals surface area contributed by atoms with E-state index in [1.807, 2.05) is 7.05 Å². The highest BCUT2D eigenvalue weighted by molar-refractivity contribution is 5.84. The van der Waals surface area contributed by atoms with Gasteiger partial charge < -0.3 is 5.32 Å². The third-order valence-corrected chi connectivity index (χ3v) is 4.91. The van der Waals surface area contributed by atoms with Crippen LogP contribution in [0.3, 0.4) is 0 Å². The van der Waals surface area contributed by atoms with Gasteiger partial charge in [0.2, 0.25) is 0 Å². The molecule has 1 N–H and O–H groups in total. The van der Waals surface area contributed by atoms with Gasteiger partial charge in [-0.15, -0.1) is 0 Å². The van der Waals surface area contributed by atoms with E-state index in [2.05, 4.69) is 39.9 Å². The summed E-state index contributed by atoms with van der Waals surface area (Å²) in [5.74, 6) is 1.54. The van der Waals surface area contributed by atoms with Gasteiger partial charge >= 0.3 is 0 Å². The molecular weight excluding hydrogens is 258 g/mol. The summed E-state index contributed by atoms with van der Waals surface area (Å²) in [4.78, 5) is 12.2. The van der Waals surface area contributed by atoms with Crippen LogP contribution in [0.1, 0.15) is 79.6 Å². The first-order valence-electron chi connectivity index (χ1n) is 8.84. The molecule has 0 heterocycles. The van der Waals surface area contributed by atoms with Gasteiger partial charge in [-0.2, -0.15) is 0 Å². The van der Waals surface area contributed by atoms with Crippen molar-refractivity contribution in [2.75, 3.05) is 13.6 Å². The standard InChI is InChI=1S/C19H37NO/c1-15-12-16(15)17(21)13-19(4,5)14-18(2,3)10-8-7-9-11-20-6/h15-16,20H,7-14H2,1-6H3. The van der Waals surface area contributed by atoms with Crippen molar-refractivity contribution in [3.05, 3.63) is 0 Å². The number of nitrogens with one attached hydrogen (secondary N) is 1. The van der Waals surface area contributed by atoms with Crippen molar-refractivity contribution in [1.82, 2.24) is 5.32 Å². The maximum absolute atomic E-state index is 12.2. The van der Waals surface area contributed by atoms with Crippen molar-refractivity contribution in [3.63, 3.8) is 0 Å². The first-order chi connectivity index (χ1) is 9.67. The Hall–Kier alpha value is -0.370. The highest BCUT2D eigenvalue weighted by Crippen LogP contribution is 2.44. The number of carbonyl (C=O) groups is 1. The number of carbonyl (C=O) groups excluding carboxylic acids is 1. The van der Waals surface area contributed by atoms with Crippen LogP contribution in [-0.2, 0) is 4.79 Å². The summed E-state index contributed by atoms with van der Waals surface area (Å²) in [6, 6.07) is 0. The molecule has 1 fully saturated rings. The Balaban J connectivity index is 2.31. The molecule has 0 bridgehead atoms. The minimum absolute atomic E-state index is 0.147. The van der Waals surface area contributed by atoms with Crippen LogP contribution in [-0.4, -0.2) is 19.4 Å². The lowest BCUT2D eigenvalue weighted by Gasteiger charge is -2.35. The molecule has 0 aromatic heterocycles. The third kappa shape index (κ3) is 7.44. The molecule has 1 rings (SSSR count). The Morgan fingerprint density at radius 2 is 1.71 bits per heavy atom. The SMILES string of the molecule is CNCCCCCC(C)(C)CC(C)(C)CC(=O)C1CC1C. The van der Waals surface area contributed by atoms with Crippen LogP contribution >= 0.6 is 0 Å². The van der Waals surface area contributed by atoms with Gasteiger partial charge in [0, 0.05) is 12.3 Å². The largest absolute Gasteiger partial charge is 0.320 e. The predicted molar refractivity (Wildman–Crippen MR) is 91.5 cm³/mol. The summed E-state index contributed by atoms with van der Waals surface area (Å²) in [6.45, 7) is 12.6. The Morgan fingerprint density at radius 1 is 1.10 bits per heavy atom. The molecule has 1 aliphatic rings. The van der Waals surface area contributed by atoms with Gasteiger partial charge in [-0.05, 0) is 56.0 Å². The normalized spacial score (nSPS) is 22.4. The van der Waals surface area contributed by atoms with E-state index >= 15 is 0 Å². The van der Waals surface area contributed by atoms with Gasteiger partial charge in [-0.1, -0.05) is 47.5 Å². The number of ketones is 1. The molecule has 0 spiro atoms. The van der Waals surface area contributed by atoms with Gasteiger partial charge in [0.05, 0.1) is 0 Å². The second kappa shape index (κ2) is 7.76. The summed E-state index contributed by atoms with van der Waals surface area (Å²) in [6.07, 6.45) is 8.21. The van der Waals surface area contributed by atoms with Gasteiger partial charge in [-0.25, -0.2) is 0 Å². The lowest BCUT2D eigenvalue weighted by Crippen LogP contribution is -2.26. The van der Waals surface area contributed by atoms with Crippen LogP contribution in [0.15, 0.2) is 0 Å². The molecule has 0 aliphatic heterocycles. The zero-order chi connectivity index (χ0) is 16.1. The van der Waals surface area contributed by atoms with E-state index in [-0.39, 0.29) is 5.41 Å². The fraction of sp³-hybridized carbons (Fsp3) is 0.947. The van der Waals surface area contributed by atoms with Crippen molar-refractivity contribution in [3.8, 4) is 0 Å². The number of hydrogen-bond acceptors (Lipinski definition) is 2. The molecule has 2 nitrogen and oxygen atoms in total. The molecule has 124 valence electrons. The molecule has 2 unspecified atom stereocenters. The Kier molecular flexibility index (Phi) is 6.90. The fourth-order valence-electron chi connectivity index (χ4n) is 3.90. The number of Topliss-reactive ketones (excluding diaryl/α,β-unsaturated/α-hetero) is 1. The van der Waals surface area contributed by atoms with Gasteiger partial charge in [-0.3, -0.25) is 4.79 Å². The second-order valence-corrected chi connectivity index (χ2v) is 8.88. The van der Waals surface area contributed by atoms with E-state index in [0.717, 1.165) is 25.8 Å². The molecular formula is C19H37NO. The number of unbranched alkanes of at least 4 members (excludes halogenated alkanes) is 2. The summed E-state index contributed by atoms with van der Waals surface area (Å²) in [5.41, 5.74) is 0.493. The average molecular weight is 296 g/mol. The Bertz CT molecular complexity index is 332. The van der Waals surface area contributed by atoms with Crippen LogP contribution in [0, 0.1) is 22.7 Å². The molecule has 1 aliphatic carbocycles. The predicted octanol–water partition coefficient (Wildman–Crippen LogP) is 4.82. The van der Waals surface area contributed by atoms with Crippen LogP contribution in [0.4, 0.5) is 0 Å². The molecule has 0 radical (unpaired) electrons. The van der Waals surface area contributed by atoms with Gasteiger partial charge in [0.15, 0.2) is 0 Å². The summed E-state index contributed by atoms with van der Waals surface area (Å²) in [5, 5.41) is 3.21. The number of hydrogen-bond donors (Lipinski definition) is 1. The Morgan fingerprint density at radius 3 is 2.24 bits per heavy atom. The lowest BCUT2D eigenvalue weighted by atomic mass is 9.70. The summed E-state index contributed by atoms with van der Waals surface area (Å²) < 4.78 is 0. The lowest BCUT2D eigenvalue weighted by molar-refractivity contribution is -0.122. The van der Waals surface area contributed by atoms with E-state index < -0.39 is 0 Å². The molecule has 2 heteroatoms. The van der Waals surface area contributed by atoms with Crippen LogP contribution in [0.2, 0.25) is 0 Å². The summed E-state index contributed by atoms with van der Waals surface area (Å²) in [7, 11) is 2.02.